The van der Waals surface area contributed by atoms with Crippen LogP contribution in [0.1, 0.15) is 45.0 Å². The molecule has 0 aliphatic carbocycles. The SMILES string of the molecule is CC(C)(CNC(=O)c1ccsc1)NC(=O)OC(C)(C)C. The van der Waals surface area contributed by atoms with Crippen LogP contribution in [0.4, 0.5) is 4.79 Å². The van der Waals surface area contributed by atoms with Crippen LogP contribution in [0.3, 0.4) is 0 Å². The molecule has 1 aromatic heterocycles. The van der Waals surface area contributed by atoms with Crippen molar-refractivity contribution in [2.24, 2.45) is 0 Å². The van der Waals surface area contributed by atoms with Gasteiger partial charge in [-0.3, -0.25) is 4.79 Å². The van der Waals surface area contributed by atoms with Crippen molar-refractivity contribution in [2.75, 3.05) is 6.54 Å². The topological polar surface area (TPSA) is 67.4 Å². The van der Waals surface area contributed by atoms with Crippen LogP contribution in [-0.2, 0) is 4.74 Å². The van der Waals surface area contributed by atoms with Gasteiger partial charge in [-0.05, 0) is 46.1 Å². The monoisotopic (exact) mass is 298 g/mol. The van der Waals surface area contributed by atoms with Crippen LogP contribution in [0.2, 0.25) is 0 Å². The Kier molecular flexibility index (Phi) is 5.16. The smallest absolute Gasteiger partial charge is 0.408 e. The van der Waals surface area contributed by atoms with E-state index >= 15 is 0 Å². The zero-order chi connectivity index (χ0) is 15.4. The quantitative estimate of drug-likeness (QED) is 0.898. The summed E-state index contributed by atoms with van der Waals surface area (Å²) in [6.45, 7) is 9.38. The summed E-state index contributed by atoms with van der Waals surface area (Å²) in [5.41, 5.74) is -0.503. The molecule has 2 amide bonds. The first kappa shape index (κ1) is 16.5. The van der Waals surface area contributed by atoms with Crippen LogP contribution in [0.15, 0.2) is 16.8 Å². The largest absolute Gasteiger partial charge is 0.444 e. The lowest BCUT2D eigenvalue weighted by molar-refractivity contribution is 0.0469. The number of ether oxygens (including phenoxy) is 1. The number of thiophene rings is 1. The summed E-state index contributed by atoms with van der Waals surface area (Å²) in [6, 6.07) is 1.76. The van der Waals surface area contributed by atoms with E-state index in [1.54, 1.807) is 32.2 Å². The molecule has 0 saturated carbocycles. The van der Waals surface area contributed by atoms with Gasteiger partial charge in [-0.1, -0.05) is 0 Å². The molecular formula is C14H22N2O3S. The number of nitrogens with one attached hydrogen (secondary N) is 2. The zero-order valence-corrected chi connectivity index (χ0v) is 13.4. The van der Waals surface area contributed by atoms with E-state index < -0.39 is 17.2 Å². The molecule has 112 valence electrons. The summed E-state index contributed by atoms with van der Waals surface area (Å²) >= 11 is 1.47. The normalized spacial score (nSPS) is 11.8. The minimum absolute atomic E-state index is 0.148. The van der Waals surface area contributed by atoms with Crippen LogP contribution in [0.5, 0.6) is 0 Å². The van der Waals surface area contributed by atoms with Crippen LogP contribution in [-0.4, -0.2) is 29.7 Å². The molecule has 0 radical (unpaired) electrons. The first-order valence-corrected chi connectivity index (χ1v) is 7.35. The van der Waals surface area contributed by atoms with E-state index in [2.05, 4.69) is 10.6 Å². The third-order valence-electron chi connectivity index (χ3n) is 2.31. The van der Waals surface area contributed by atoms with Gasteiger partial charge in [-0.15, -0.1) is 0 Å². The minimum atomic E-state index is -0.589. The molecule has 5 nitrogen and oxygen atoms in total. The third kappa shape index (κ3) is 6.06. The predicted octanol–water partition coefficient (Wildman–Crippen LogP) is 2.78. The number of alkyl carbamates (subject to hydrolysis) is 1. The van der Waals surface area contributed by atoms with Crippen LogP contribution in [0.25, 0.3) is 0 Å². The van der Waals surface area contributed by atoms with Gasteiger partial charge in [0.25, 0.3) is 5.91 Å². The molecule has 6 heteroatoms. The van der Waals surface area contributed by atoms with Crippen molar-refractivity contribution < 1.29 is 14.3 Å². The Bertz CT molecular complexity index is 461. The van der Waals surface area contributed by atoms with Crippen LogP contribution < -0.4 is 10.6 Å². The second-order valence-corrected chi connectivity index (χ2v) is 6.99. The summed E-state index contributed by atoms with van der Waals surface area (Å²) in [5, 5.41) is 9.16. The summed E-state index contributed by atoms with van der Waals surface area (Å²) in [6.07, 6.45) is -0.493. The number of carbonyl (C=O) groups excluding carboxylic acids is 2. The van der Waals surface area contributed by atoms with Gasteiger partial charge in [0.05, 0.1) is 5.54 Å². The van der Waals surface area contributed by atoms with Crippen molar-refractivity contribution in [3.05, 3.63) is 22.4 Å². The van der Waals surface area contributed by atoms with E-state index in [1.165, 1.54) is 11.3 Å². The molecule has 0 aliphatic heterocycles. The summed E-state index contributed by atoms with van der Waals surface area (Å²) in [7, 11) is 0. The fourth-order valence-corrected chi connectivity index (χ4v) is 2.06. The first-order chi connectivity index (χ1) is 9.09. The van der Waals surface area contributed by atoms with Crippen molar-refractivity contribution >= 4 is 23.3 Å². The average Bonchev–Trinajstić information content (AvgIpc) is 2.75. The second kappa shape index (κ2) is 6.26. The second-order valence-electron chi connectivity index (χ2n) is 6.21. The van der Waals surface area contributed by atoms with Crippen molar-refractivity contribution in [3.63, 3.8) is 0 Å². The van der Waals surface area contributed by atoms with Gasteiger partial charge < -0.3 is 15.4 Å². The lowest BCUT2D eigenvalue weighted by Crippen LogP contribution is -2.52. The standard InChI is InChI=1S/C14H22N2O3S/c1-13(2,3)19-12(18)16-14(4,5)9-15-11(17)10-6-7-20-8-10/h6-8H,9H2,1-5H3,(H,15,17)(H,16,18). The molecule has 0 unspecified atom stereocenters. The number of rotatable bonds is 4. The highest BCUT2D eigenvalue weighted by atomic mass is 32.1. The van der Waals surface area contributed by atoms with Crippen molar-refractivity contribution in [3.8, 4) is 0 Å². The van der Waals surface area contributed by atoms with E-state index in [0.29, 0.717) is 12.1 Å². The van der Waals surface area contributed by atoms with E-state index in [4.69, 9.17) is 4.74 Å². The minimum Gasteiger partial charge on any atom is -0.444 e. The van der Waals surface area contributed by atoms with Gasteiger partial charge in [0.15, 0.2) is 0 Å². The fraction of sp³-hybridized carbons (Fsp3) is 0.571. The van der Waals surface area contributed by atoms with E-state index in [9.17, 15) is 9.59 Å². The molecule has 20 heavy (non-hydrogen) atoms. The average molecular weight is 298 g/mol. The van der Waals surface area contributed by atoms with Gasteiger partial charge in [-0.2, -0.15) is 11.3 Å². The maximum Gasteiger partial charge on any atom is 0.408 e. The highest BCUT2D eigenvalue weighted by molar-refractivity contribution is 7.08. The molecule has 0 saturated heterocycles. The Morgan fingerprint density at radius 2 is 1.90 bits per heavy atom. The molecule has 0 bridgehead atoms. The highest BCUT2D eigenvalue weighted by Gasteiger charge is 2.25. The van der Waals surface area contributed by atoms with Gasteiger partial charge in [-0.25, -0.2) is 4.79 Å². The van der Waals surface area contributed by atoms with Crippen molar-refractivity contribution in [1.82, 2.24) is 10.6 Å². The number of amides is 2. The molecule has 1 rings (SSSR count). The predicted molar refractivity (Wildman–Crippen MR) is 80.1 cm³/mol. The van der Waals surface area contributed by atoms with Crippen LogP contribution in [0, 0.1) is 0 Å². The molecule has 1 aromatic rings. The third-order valence-corrected chi connectivity index (χ3v) is 3.00. The number of hydrogen-bond acceptors (Lipinski definition) is 4. The lowest BCUT2D eigenvalue weighted by Gasteiger charge is -2.28. The lowest BCUT2D eigenvalue weighted by atomic mass is 10.1. The Labute approximate surface area is 123 Å². The molecule has 1 heterocycles. The van der Waals surface area contributed by atoms with Crippen molar-refractivity contribution in [1.29, 1.82) is 0 Å². The van der Waals surface area contributed by atoms with E-state index in [-0.39, 0.29) is 5.91 Å². The maximum absolute atomic E-state index is 11.8. The Morgan fingerprint density at radius 3 is 2.40 bits per heavy atom. The molecule has 0 aliphatic rings. The van der Waals surface area contributed by atoms with E-state index in [1.807, 2.05) is 19.2 Å². The van der Waals surface area contributed by atoms with Gasteiger partial charge in [0.1, 0.15) is 5.60 Å². The Hall–Kier alpha value is -1.56. The van der Waals surface area contributed by atoms with Gasteiger partial charge >= 0.3 is 6.09 Å². The molecule has 0 atom stereocenters. The fourth-order valence-electron chi connectivity index (χ4n) is 1.42. The van der Waals surface area contributed by atoms with Gasteiger partial charge in [0, 0.05) is 17.5 Å². The maximum atomic E-state index is 11.8. The summed E-state index contributed by atoms with van der Waals surface area (Å²) < 4.78 is 5.19. The highest BCUT2D eigenvalue weighted by Crippen LogP contribution is 2.10. The summed E-state index contributed by atoms with van der Waals surface area (Å²) in [4.78, 5) is 23.5. The molecular weight excluding hydrogens is 276 g/mol. The summed E-state index contributed by atoms with van der Waals surface area (Å²) in [5.74, 6) is -0.148. The Morgan fingerprint density at radius 1 is 1.25 bits per heavy atom. The number of hydrogen-bond donors (Lipinski definition) is 2. The van der Waals surface area contributed by atoms with Crippen molar-refractivity contribution in [2.45, 2.75) is 45.8 Å². The number of carbonyl (C=O) groups is 2. The molecule has 0 aromatic carbocycles. The molecule has 0 fully saturated rings. The Balaban J connectivity index is 2.45. The van der Waals surface area contributed by atoms with E-state index in [0.717, 1.165) is 0 Å². The van der Waals surface area contributed by atoms with Crippen LogP contribution >= 0.6 is 11.3 Å². The van der Waals surface area contributed by atoms with Gasteiger partial charge in [0.2, 0.25) is 0 Å². The molecule has 0 spiro atoms. The zero-order valence-electron chi connectivity index (χ0n) is 12.6. The molecule has 2 N–H and O–H groups in total. The first-order valence-electron chi connectivity index (χ1n) is 6.41.